The van der Waals surface area contributed by atoms with E-state index in [1.807, 2.05) is 13.8 Å². The summed E-state index contributed by atoms with van der Waals surface area (Å²) in [6.07, 6.45) is 1.00. The summed E-state index contributed by atoms with van der Waals surface area (Å²) in [7, 11) is 0. The first-order valence-electron chi connectivity index (χ1n) is 6.90. The first-order chi connectivity index (χ1) is 9.41. The second-order valence-electron chi connectivity index (χ2n) is 5.57. The van der Waals surface area contributed by atoms with Crippen molar-refractivity contribution in [2.75, 3.05) is 13.1 Å². The van der Waals surface area contributed by atoms with E-state index in [0.29, 0.717) is 42.9 Å². The predicted octanol–water partition coefficient (Wildman–Crippen LogP) is 2.04. The van der Waals surface area contributed by atoms with Crippen molar-refractivity contribution in [2.24, 2.45) is 5.92 Å². The number of carboxylic acid groups (broad SMARTS) is 1. The van der Waals surface area contributed by atoms with Crippen LogP contribution in [-0.4, -0.2) is 40.1 Å². The fourth-order valence-corrected chi connectivity index (χ4v) is 2.53. The van der Waals surface area contributed by atoms with Crippen LogP contribution in [0.15, 0.2) is 4.52 Å². The average molecular weight is 280 g/mol. The van der Waals surface area contributed by atoms with Gasteiger partial charge in [0.2, 0.25) is 0 Å². The molecule has 0 atom stereocenters. The molecule has 1 aromatic heterocycles. The molecule has 1 saturated heterocycles. The zero-order valence-corrected chi connectivity index (χ0v) is 12.0. The predicted molar refractivity (Wildman–Crippen MR) is 71.6 cm³/mol. The van der Waals surface area contributed by atoms with Crippen molar-refractivity contribution in [1.29, 1.82) is 0 Å². The van der Waals surface area contributed by atoms with Crippen LogP contribution >= 0.6 is 0 Å². The first-order valence-corrected chi connectivity index (χ1v) is 6.90. The number of aryl methyl sites for hydroxylation is 1. The lowest BCUT2D eigenvalue weighted by Crippen LogP contribution is -2.40. The Labute approximate surface area is 117 Å². The zero-order valence-electron chi connectivity index (χ0n) is 12.0. The summed E-state index contributed by atoms with van der Waals surface area (Å²) in [6.45, 7) is 6.60. The summed E-state index contributed by atoms with van der Waals surface area (Å²) in [5, 5.41) is 12.9. The van der Waals surface area contributed by atoms with Crippen molar-refractivity contribution < 1.29 is 19.2 Å². The van der Waals surface area contributed by atoms with E-state index in [9.17, 15) is 9.59 Å². The molecular weight excluding hydrogens is 260 g/mol. The minimum atomic E-state index is -0.777. The van der Waals surface area contributed by atoms with Gasteiger partial charge in [-0.3, -0.25) is 9.59 Å². The van der Waals surface area contributed by atoms with Gasteiger partial charge < -0.3 is 14.5 Å². The number of aliphatic carboxylic acids is 1. The molecule has 1 aliphatic heterocycles. The smallest absolute Gasteiger partial charge is 0.306 e. The molecule has 0 unspecified atom stereocenters. The summed E-state index contributed by atoms with van der Waals surface area (Å²) >= 11 is 0. The number of hydrogen-bond acceptors (Lipinski definition) is 4. The highest BCUT2D eigenvalue weighted by Gasteiger charge is 2.31. The highest BCUT2D eigenvalue weighted by Crippen LogP contribution is 2.26. The standard InChI is InChI=1S/C14H20N2O4/c1-8(2)12-11(9(3)15-20-12)13(17)16-6-4-10(5-7-16)14(18)19/h8,10H,4-7H2,1-3H3,(H,18,19). The molecule has 1 amide bonds. The van der Waals surface area contributed by atoms with Crippen molar-refractivity contribution in [3.05, 3.63) is 17.0 Å². The molecule has 1 aliphatic rings. The molecule has 1 N–H and O–H groups in total. The van der Waals surface area contributed by atoms with Crippen LogP contribution in [0.25, 0.3) is 0 Å². The fourth-order valence-electron chi connectivity index (χ4n) is 2.53. The number of hydrogen-bond donors (Lipinski definition) is 1. The molecule has 6 nitrogen and oxygen atoms in total. The third-order valence-corrected chi connectivity index (χ3v) is 3.76. The molecule has 1 fully saturated rings. The van der Waals surface area contributed by atoms with E-state index in [2.05, 4.69) is 5.16 Å². The van der Waals surface area contributed by atoms with E-state index in [1.165, 1.54) is 0 Å². The molecule has 2 rings (SSSR count). The van der Waals surface area contributed by atoms with Gasteiger partial charge in [0.1, 0.15) is 5.56 Å². The molecule has 0 spiro atoms. The van der Waals surface area contributed by atoms with E-state index in [4.69, 9.17) is 9.63 Å². The normalized spacial score (nSPS) is 16.7. The Hall–Kier alpha value is -1.85. The van der Waals surface area contributed by atoms with E-state index >= 15 is 0 Å². The van der Waals surface area contributed by atoms with Gasteiger partial charge in [0.25, 0.3) is 5.91 Å². The van der Waals surface area contributed by atoms with Crippen LogP contribution in [0.3, 0.4) is 0 Å². The Morgan fingerprint density at radius 2 is 1.95 bits per heavy atom. The monoisotopic (exact) mass is 280 g/mol. The number of carbonyl (C=O) groups excluding carboxylic acids is 1. The summed E-state index contributed by atoms with van der Waals surface area (Å²) in [5.41, 5.74) is 1.13. The lowest BCUT2D eigenvalue weighted by Gasteiger charge is -2.30. The van der Waals surface area contributed by atoms with Crippen molar-refractivity contribution >= 4 is 11.9 Å². The van der Waals surface area contributed by atoms with Gasteiger partial charge in [0.05, 0.1) is 11.6 Å². The van der Waals surface area contributed by atoms with E-state index < -0.39 is 5.97 Å². The van der Waals surface area contributed by atoms with Gasteiger partial charge in [-0.15, -0.1) is 0 Å². The van der Waals surface area contributed by atoms with Crippen molar-refractivity contribution in [2.45, 2.75) is 39.5 Å². The number of carbonyl (C=O) groups is 2. The molecule has 110 valence electrons. The second kappa shape index (κ2) is 5.64. The minimum absolute atomic E-state index is 0.0895. The Morgan fingerprint density at radius 3 is 2.45 bits per heavy atom. The van der Waals surface area contributed by atoms with E-state index in [-0.39, 0.29) is 17.7 Å². The SMILES string of the molecule is Cc1noc(C(C)C)c1C(=O)N1CCC(C(=O)O)CC1. The van der Waals surface area contributed by atoms with Crippen LogP contribution in [0.1, 0.15) is 54.4 Å². The average Bonchev–Trinajstić information content (AvgIpc) is 2.80. The summed E-state index contributed by atoms with van der Waals surface area (Å²) in [6, 6.07) is 0. The van der Waals surface area contributed by atoms with Crippen LogP contribution in [-0.2, 0) is 4.79 Å². The lowest BCUT2D eigenvalue weighted by molar-refractivity contribution is -0.143. The maximum Gasteiger partial charge on any atom is 0.306 e. The lowest BCUT2D eigenvalue weighted by atomic mass is 9.96. The van der Waals surface area contributed by atoms with Gasteiger partial charge in [0.15, 0.2) is 5.76 Å². The summed E-state index contributed by atoms with van der Waals surface area (Å²) in [4.78, 5) is 25.2. The maximum absolute atomic E-state index is 12.6. The summed E-state index contributed by atoms with van der Waals surface area (Å²) in [5.74, 6) is -0.524. The van der Waals surface area contributed by atoms with Gasteiger partial charge in [-0.05, 0) is 19.8 Å². The van der Waals surface area contributed by atoms with E-state index in [1.54, 1.807) is 11.8 Å². The zero-order chi connectivity index (χ0) is 14.9. The van der Waals surface area contributed by atoms with Crippen LogP contribution < -0.4 is 0 Å². The minimum Gasteiger partial charge on any atom is -0.481 e. The molecule has 0 saturated carbocycles. The van der Waals surface area contributed by atoms with E-state index in [0.717, 1.165) is 0 Å². The summed E-state index contributed by atoms with van der Waals surface area (Å²) < 4.78 is 5.24. The van der Waals surface area contributed by atoms with Gasteiger partial charge in [0, 0.05) is 19.0 Å². The topological polar surface area (TPSA) is 83.6 Å². The van der Waals surface area contributed by atoms with Crippen molar-refractivity contribution in [1.82, 2.24) is 10.1 Å². The molecule has 2 heterocycles. The highest BCUT2D eigenvalue weighted by atomic mass is 16.5. The van der Waals surface area contributed by atoms with Crippen molar-refractivity contribution in [3.8, 4) is 0 Å². The van der Waals surface area contributed by atoms with Gasteiger partial charge >= 0.3 is 5.97 Å². The molecular formula is C14H20N2O4. The van der Waals surface area contributed by atoms with Gasteiger partial charge in [-0.2, -0.15) is 0 Å². The molecule has 20 heavy (non-hydrogen) atoms. The van der Waals surface area contributed by atoms with Crippen LogP contribution in [0.5, 0.6) is 0 Å². The molecule has 0 aliphatic carbocycles. The van der Waals surface area contributed by atoms with Gasteiger partial charge in [-0.25, -0.2) is 0 Å². The number of nitrogens with zero attached hydrogens (tertiary/aromatic N) is 2. The molecule has 1 aromatic rings. The number of aromatic nitrogens is 1. The fraction of sp³-hybridized carbons (Fsp3) is 0.643. The van der Waals surface area contributed by atoms with Crippen LogP contribution in [0, 0.1) is 12.8 Å². The quantitative estimate of drug-likeness (QED) is 0.916. The molecule has 0 bridgehead atoms. The van der Waals surface area contributed by atoms with Crippen LogP contribution in [0.2, 0.25) is 0 Å². The molecule has 6 heteroatoms. The van der Waals surface area contributed by atoms with Crippen molar-refractivity contribution in [3.63, 3.8) is 0 Å². The van der Waals surface area contributed by atoms with Crippen LogP contribution in [0.4, 0.5) is 0 Å². The highest BCUT2D eigenvalue weighted by molar-refractivity contribution is 5.96. The number of likely N-dealkylation sites (tertiary alicyclic amines) is 1. The number of carboxylic acids is 1. The molecule has 0 aromatic carbocycles. The largest absolute Gasteiger partial charge is 0.481 e. The maximum atomic E-state index is 12.6. The Morgan fingerprint density at radius 1 is 1.35 bits per heavy atom. The van der Waals surface area contributed by atoms with Gasteiger partial charge in [-0.1, -0.05) is 19.0 Å². The first kappa shape index (κ1) is 14.6. The second-order valence-corrected chi connectivity index (χ2v) is 5.57. The third-order valence-electron chi connectivity index (χ3n) is 3.76. The third kappa shape index (κ3) is 2.69. The Balaban J connectivity index is 2.13. The number of amides is 1. The Kier molecular flexibility index (Phi) is 4.11. The number of rotatable bonds is 3. The molecule has 0 radical (unpaired) electrons. The Bertz CT molecular complexity index is 513. The number of piperidine rings is 1.